The zero-order valence-electron chi connectivity index (χ0n) is 16.8. The average molecular weight is 349 g/mol. The predicted molar refractivity (Wildman–Crippen MR) is 115 cm³/mol. The molecule has 1 fully saturated rings. The zero-order valence-corrected chi connectivity index (χ0v) is 16.8. The highest BCUT2D eigenvalue weighted by atomic mass is 14.3. The molecule has 0 nitrogen and oxygen atoms in total. The van der Waals surface area contributed by atoms with E-state index in [0.717, 1.165) is 11.8 Å². The van der Waals surface area contributed by atoms with E-state index in [1.54, 1.807) is 5.56 Å². The number of unbranched alkanes of at least 4 members (excludes halogenated alkanes) is 2. The van der Waals surface area contributed by atoms with Crippen LogP contribution in [0.4, 0.5) is 0 Å². The van der Waals surface area contributed by atoms with Crippen molar-refractivity contribution < 1.29 is 0 Å². The molecular weight excluding hydrogens is 312 g/mol. The van der Waals surface area contributed by atoms with Gasteiger partial charge >= 0.3 is 0 Å². The zero-order chi connectivity index (χ0) is 18.2. The summed E-state index contributed by atoms with van der Waals surface area (Å²) >= 11 is 0. The standard InChI is InChI=1S/C26H36/c1-3-5-7-21-9-13-23(14-10-21)25-17-19-26(20-18-25)24-15-11-22(12-16-24)8-6-4-2/h9-10,13-14,17-20,22,24H,3-8,11-12,15-16H2,1-2H3. The number of aryl methyl sites for hydroxylation is 1. The van der Waals surface area contributed by atoms with Crippen LogP contribution < -0.4 is 0 Å². The minimum Gasteiger partial charge on any atom is -0.0654 e. The molecule has 0 aliphatic heterocycles. The molecule has 1 aliphatic rings. The van der Waals surface area contributed by atoms with Crippen LogP contribution in [0.5, 0.6) is 0 Å². The van der Waals surface area contributed by atoms with Gasteiger partial charge in [-0.25, -0.2) is 0 Å². The molecule has 0 heterocycles. The van der Waals surface area contributed by atoms with Crippen molar-refractivity contribution >= 4 is 0 Å². The van der Waals surface area contributed by atoms with Crippen molar-refractivity contribution in [1.82, 2.24) is 0 Å². The fourth-order valence-corrected chi connectivity index (χ4v) is 4.47. The summed E-state index contributed by atoms with van der Waals surface area (Å²) in [6, 6.07) is 18.6. The van der Waals surface area contributed by atoms with Crippen molar-refractivity contribution in [3.05, 3.63) is 59.7 Å². The first-order valence-corrected chi connectivity index (χ1v) is 11.0. The van der Waals surface area contributed by atoms with Gasteiger partial charge in [0.25, 0.3) is 0 Å². The van der Waals surface area contributed by atoms with Gasteiger partial charge in [-0.3, -0.25) is 0 Å². The summed E-state index contributed by atoms with van der Waals surface area (Å²) in [5.74, 6) is 1.79. The smallest absolute Gasteiger partial charge is 0.0162 e. The number of rotatable bonds is 8. The van der Waals surface area contributed by atoms with Crippen molar-refractivity contribution in [1.29, 1.82) is 0 Å². The Bertz CT molecular complexity index is 627. The van der Waals surface area contributed by atoms with Crippen LogP contribution in [0.15, 0.2) is 48.5 Å². The van der Waals surface area contributed by atoms with Gasteiger partial charge < -0.3 is 0 Å². The SMILES string of the molecule is CCCCc1ccc(-c2ccc(C3CCC(CCCC)CC3)cc2)cc1. The van der Waals surface area contributed by atoms with Gasteiger partial charge in [0.15, 0.2) is 0 Å². The largest absolute Gasteiger partial charge is 0.0654 e. The summed E-state index contributed by atoms with van der Waals surface area (Å²) in [5.41, 5.74) is 5.72. The second kappa shape index (κ2) is 9.95. The lowest BCUT2D eigenvalue weighted by Gasteiger charge is -2.29. The fourth-order valence-electron chi connectivity index (χ4n) is 4.47. The first-order valence-electron chi connectivity index (χ1n) is 11.0. The Morgan fingerprint density at radius 3 is 1.85 bits per heavy atom. The van der Waals surface area contributed by atoms with Crippen LogP contribution in [0, 0.1) is 5.92 Å². The topological polar surface area (TPSA) is 0 Å². The summed E-state index contributed by atoms with van der Waals surface area (Å²) in [6.07, 6.45) is 13.6. The highest BCUT2D eigenvalue weighted by Gasteiger charge is 2.21. The second-order valence-electron chi connectivity index (χ2n) is 8.28. The van der Waals surface area contributed by atoms with Gasteiger partial charge in [0, 0.05) is 0 Å². The third-order valence-corrected chi connectivity index (χ3v) is 6.30. The second-order valence-corrected chi connectivity index (χ2v) is 8.28. The Balaban J connectivity index is 1.57. The van der Waals surface area contributed by atoms with Gasteiger partial charge in [-0.05, 0) is 72.6 Å². The van der Waals surface area contributed by atoms with Gasteiger partial charge in [0.05, 0.1) is 0 Å². The fraction of sp³-hybridized carbons (Fsp3) is 0.538. The molecule has 0 atom stereocenters. The molecule has 0 spiro atoms. The molecule has 0 heteroatoms. The van der Waals surface area contributed by atoms with Crippen molar-refractivity contribution in [3.63, 3.8) is 0 Å². The van der Waals surface area contributed by atoms with Gasteiger partial charge in [-0.2, -0.15) is 0 Å². The van der Waals surface area contributed by atoms with E-state index in [1.807, 2.05) is 0 Å². The Morgan fingerprint density at radius 1 is 0.692 bits per heavy atom. The van der Waals surface area contributed by atoms with Crippen LogP contribution in [-0.4, -0.2) is 0 Å². The van der Waals surface area contributed by atoms with Crippen molar-refractivity contribution in [3.8, 4) is 11.1 Å². The van der Waals surface area contributed by atoms with Crippen LogP contribution >= 0.6 is 0 Å². The van der Waals surface area contributed by atoms with Crippen LogP contribution in [0.1, 0.15) is 88.7 Å². The van der Waals surface area contributed by atoms with E-state index in [-0.39, 0.29) is 0 Å². The monoisotopic (exact) mass is 348 g/mol. The van der Waals surface area contributed by atoms with E-state index in [9.17, 15) is 0 Å². The molecule has 0 aromatic heterocycles. The Morgan fingerprint density at radius 2 is 1.27 bits per heavy atom. The highest BCUT2D eigenvalue weighted by Crippen LogP contribution is 2.38. The number of benzene rings is 2. The summed E-state index contributed by atoms with van der Waals surface area (Å²) in [5, 5.41) is 0. The van der Waals surface area contributed by atoms with Gasteiger partial charge in [-0.1, -0.05) is 88.1 Å². The maximum absolute atomic E-state index is 2.39. The lowest BCUT2D eigenvalue weighted by atomic mass is 9.77. The third-order valence-electron chi connectivity index (χ3n) is 6.30. The van der Waals surface area contributed by atoms with Gasteiger partial charge in [-0.15, -0.1) is 0 Å². The Hall–Kier alpha value is -1.56. The molecule has 0 unspecified atom stereocenters. The predicted octanol–water partition coefficient (Wildman–Crippen LogP) is 8.16. The first-order chi connectivity index (χ1) is 12.8. The molecule has 0 N–H and O–H groups in total. The van der Waals surface area contributed by atoms with Crippen LogP contribution in [0.25, 0.3) is 11.1 Å². The van der Waals surface area contributed by atoms with E-state index >= 15 is 0 Å². The lowest BCUT2D eigenvalue weighted by Crippen LogP contribution is -2.13. The van der Waals surface area contributed by atoms with E-state index in [2.05, 4.69) is 62.4 Å². The molecule has 140 valence electrons. The van der Waals surface area contributed by atoms with E-state index in [0.29, 0.717) is 0 Å². The molecule has 0 amide bonds. The molecule has 0 radical (unpaired) electrons. The van der Waals surface area contributed by atoms with Crippen molar-refractivity contribution in [2.75, 3.05) is 0 Å². The average Bonchev–Trinajstić information content (AvgIpc) is 2.72. The molecule has 2 aromatic rings. The van der Waals surface area contributed by atoms with Gasteiger partial charge in [0.2, 0.25) is 0 Å². The maximum Gasteiger partial charge on any atom is -0.0162 e. The van der Waals surface area contributed by atoms with Crippen molar-refractivity contribution in [2.45, 2.75) is 84.0 Å². The van der Waals surface area contributed by atoms with E-state index < -0.39 is 0 Å². The molecule has 1 saturated carbocycles. The van der Waals surface area contributed by atoms with Crippen LogP contribution in [0.2, 0.25) is 0 Å². The van der Waals surface area contributed by atoms with E-state index in [1.165, 1.54) is 80.9 Å². The summed E-state index contributed by atoms with van der Waals surface area (Å²) in [6.45, 7) is 4.57. The number of hydrogen-bond donors (Lipinski definition) is 0. The molecular formula is C26H36. The van der Waals surface area contributed by atoms with Crippen LogP contribution in [-0.2, 0) is 6.42 Å². The number of hydrogen-bond acceptors (Lipinski definition) is 0. The van der Waals surface area contributed by atoms with Crippen LogP contribution in [0.3, 0.4) is 0 Å². The molecule has 3 rings (SSSR count). The molecule has 26 heavy (non-hydrogen) atoms. The summed E-state index contributed by atoms with van der Waals surface area (Å²) < 4.78 is 0. The first kappa shape index (κ1) is 19.2. The summed E-state index contributed by atoms with van der Waals surface area (Å²) in [4.78, 5) is 0. The Labute approximate surface area is 161 Å². The molecule has 2 aromatic carbocycles. The third kappa shape index (κ3) is 5.22. The quantitative estimate of drug-likeness (QED) is 0.451. The molecule has 1 aliphatic carbocycles. The minimum absolute atomic E-state index is 0.790. The lowest BCUT2D eigenvalue weighted by molar-refractivity contribution is 0.304. The van der Waals surface area contributed by atoms with E-state index in [4.69, 9.17) is 0 Å². The van der Waals surface area contributed by atoms with Crippen molar-refractivity contribution in [2.24, 2.45) is 5.92 Å². The normalized spacial score (nSPS) is 20.2. The highest BCUT2D eigenvalue weighted by molar-refractivity contribution is 5.64. The van der Waals surface area contributed by atoms with Gasteiger partial charge in [0.1, 0.15) is 0 Å². The maximum atomic E-state index is 2.39. The Kier molecular flexibility index (Phi) is 7.35. The molecule has 0 bridgehead atoms. The minimum atomic E-state index is 0.790. The molecule has 0 saturated heterocycles. The summed E-state index contributed by atoms with van der Waals surface area (Å²) in [7, 11) is 0.